The molecule has 0 aromatic heterocycles. The second kappa shape index (κ2) is 11.7. The summed E-state index contributed by atoms with van der Waals surface area (Å²) >= 11 is 0. The molecule has 1 aliphatic heterocycles. The van der Waals surface area contributed by atoms with E-state index in [1.165, 1.54) is 11.1 Å². The summed E-state index contributed by atoms with van der Waals surface area (Å²) in [6.07, 6.45) is 1.57. The summed E-state index contributed by atoms with van der Waals surface area (Å²) in [5, 5.41) is 16.4. The van der Waals surface area contributed by atoms with Crippen molar-refractivity contribution in [1.82, 2.24) is 15.5 Å². The number of aromatic hydroxyl groups is 1. The van der Waals surface area contributed by atoms with Crippen molar-refractivity contribution in [2.75, 3.05) is 20.2 Å². The summed E-state index contributed by atoms with van der Waals surface area (Å²) in [7, 11) is 1.67. The van der Waals surface area contributed by atoms with Crippen LogP contribution in [0, 0.1) is 0 Å². The standard InChI is InChI=1S/C28H33N3O3/c1-34-26-13-9-22(10-14-26)18-30-24-17-27(28(33)29-16-15-21-5-3-2-4-6-21)31(20-24)19-23-7-11-25(32)12-8-23/h2-14,24,27,30,32H,15-20H2,1H3,(H,29,33)/t24-,27-/m0/s1. The molecule has 1 fully saturated rings. The molecular weight excluding hydrogens is 426 g/mol. The Hall–Kier alpha value is -3.35. The van der Waals surface area contributed by atoms with Crippen molar-refractivity contribution >= 4 is 5.91 Å². The lowest BCUT2D eigenvalue weighted by Crippen LogP contribution is -2.43. The van der Waals surface area contributed by atoms with Crippen LogP contribution < -0.4 is 15.4 Å². The zero-order chi connectivity index (χ0) is 23.8. The summed E-state index contributed by atoms with van der Waals surface area (Å²) in [6.45, 7) is 2.81. The lowest BCUT2D eigenvalue weighted by Gasteiger charge is -2.23. The summed E-state index contributed by atoms with van der Waals surface area (Å²) in [5.74, 6) is 1.17. The minimum Gasteiger partial charge on any atom is -0.508 e. The van der Waals surface area contributed by atoms with E-state index in [1.54, 1.807) is 19.2 Å². The fourth-order valence-electron chi connectivity index (χ4n) is 4.43. The van der Waals surface area contributed by atoms with Crippen molar-refractivity contribution in [2.45, 2.75) is 38.0 Å². The molecule has 1 aliphatic rings. The van der Waals surface area contributed by atoms with Gasteiger partial charge in [-0.1, -0.05) is 54.6 Å². The summed E-state index contributed by atoms with van der Waals surface area (Å²) in [5.41, 5.74) is 3.48. The van der Waals surface area contributed by atoms with Gasteiger partial charge in [0, 0.05) is 32.2 Å². The van der Waals surface area contributed by atoms with Crippen LogP contribution in [-0.4, -0.2) is 48.2 Å². The number of carbonyl (C=O) groups excluding carboxylic acids is 1. The first-order chi connectivity index (χ1) is 16.6. The van der Waals surface area contributed by atoms with Gasteiger partial charge in [-0.15, -0.1) is 0 Å². The minimum absolute atomic E-state index is 0.0726. The normalized spacial score (nSPS) is 18.0. The van der Waals surface area contributed by atoms with Gasteiger partial charge in [0.2, 0.25) is 5.91 Å². The molecular formula is C28H33N3O3. The Bertz CT molecular complexity index is 1040. The molecule has 6 nitrogen and oxygen atoms in total. The van der Waals surface area contributed by atoms with Crippen LogP contribution in [0.4, 0.5) is 0 Å². The van der Waals surface area contributed by atoms with E-state index in [1.807, 2.05) is 42.5 Å². The predicted molar refractivity (Wildman–Crippen MR) is 134 cm³/mol. The number of hydrogen-bond donors (Lipinski definition) is 3. The zero-order valence-corrected chi connectivity index (χ0v) is 19.6. The maximum Gasteiger partial charge on any atom is 0.237 e. The number of hydrogen-bond acceptors (Lipinski definition) is 5. The van der Waals surface area contributed by atoms with Gasteiger partial charge in [0.05, 0.1) is 13.2 Å². The molecule has 3 N–H and O–H groups in total. The van der Waals surface area contributed by atoms with Gasteiger partial charge in [0.15, 0.2) is 0 Å². The second-order valence-corrected chi connectivity index (χ2v) is 8.80. The third-order valence-electron chi connectivity index (χ3n) is 6.34. The highest BCUT2D eigenvalue weighted by atomic mass is 16.5. The van der Waals surface area contributed by atoms with E-state index in [0.29, 0.717) is 13.1 Å². The van der Waals surface area contributed by atoms with Gasteiger partial charge >= 0.3 is 0 Å². The molecule has 3 aromatic carbocycles. The van der Waals surface area contributed by atoms with Gasteiger partial charge < -0.3 is 20.5 Å². The largest absolute Gasteiger partial charge is 0.508 e. The fourth-order valence-corrected chi connectivity index (χ4v) is 4.43. The molecule has 0 radical (unpaired) electrons. The maximum atomic E-state index is 13.1. The molecule has 3 aromatic rings. The van der Waals surface area contributed by atoms with Crippen molar-refractivity contribution in [2.24, 2.45) is 0 Å². The number of amides is 1. The molecule has 1 amide bonds. The smallest absolute Gasteiger partial charge is 0.237 e. The quantitative estimate of drug-likeness (QED) is 0.433. The van der Waals surface area contributed by atoms with Crippen molar-refractivity contribution < 1.29 is 14.6 Å². The van der Waals surface area contributed by atoms with Crippen LogP contribution >= 0.6 is 0 Å². The van der Waals surface area contributed by atoms with Gasteiger partial charge in [-0.3, -0.25) is 9.69 Å². The molecule has 0 unspecified atom stereocenters. The van der Waals surface area contributed by atoms with E-state index in [2.05, 4.69) is 39.8 Å². The number of carbonyl (C=O) groups is 1. The van der Waals surface area contributed by atoms with E-state index in [-0.39, 0.29) is 23.7 Å². The fraction of sp³-hybridized carbons (Fsp3) is 0.321. The van der Waals surface area contributed by atoms with Gasteiger partial charge in [-0.2, -0.15) is 0 Å². The van der Waals surface area contributed by atoms with Crippen molar-refractivity contribution in [3.05, 3.63) is 95.6 Å². The number of methoxy groups -OCH3 is 1. The monoisotopic (exact) mass is 459 g/mol. The average molecular weight is 460 g/mol. The number of rotatable bonds is 10. The number of phenolic OH excluding ortho intramolecular Hbond substituents is 1. The van der Waals surface area contributed by atoms with Crippen LogP contribution in [0.3, 0.4) is 0 Å². The van der Waals surface area contributed by atoms with Crippen molar-refractivity contribution in [3.63, 3.8) is 0 Å². The Labute approximate surface area is 201 Å². The Morgan fingerprint density at radius 2 is 1.68 bits per heavy atom. The summed E-state index contributed by atoms with van der Waals surface area (Å²) < 4.78 is 5.24. The molecule has 1 heterocycles. The molecule has 4 rings (SSSR count). The van der Waals surface area contributed by atoms with Crippen LogP contribution in [0.2, 0.25) is 0 Å². The molecule has 1 saturated heterocycles. The Kier molecular flexibility index (Phi) is 8.17. The van der Waals surface area contributed by atoms with Crippen LogP contribution in [0.1, 0.15) is 23.1 Å². The lowest BCUT2D eigenvalue weighted by molar-refractivity contribution is -0.125. The summed E-state index contributed by atoms with van der Waals surface area (Å²) in [6, 6.07) is 25.5. The van der Waals surface area contributed by atoms with E-state index < -0.39 is 0 Å². The third kappa shape index (κ3) is 6.59. The van der Waals surface area contributed by atoms with E-state index >= 15 is 0 Å². The first-order valence-electron chi connectivity index (χ1n) is 11.8. The van der Waals surface area contributed by atoms with E-state index in [9.17, 15) is 9.90 Å². The number of benzene rings is 3. The summed E-state index contributed by atoms with van der Waals surface area (Å²) in [4.78, 5) is 15.4. The van der Waals surface area contributed by atoms with Crippen LogP contribution in [0.25, 0.3) is 0 Å². The van der Waals surface area contributed by atoms with E-state index in [4.69, 9.17) is 4.74 Å². The zero-order valence-electron chi connectivity index (χ0n) is 19.6. The molecule has 0 aliphatic carbocycles. The predicted octanol–water partition coefficient (Wildman–Crippen LogP) is 3.49. The van der Waals surface area contributed by atoms with Crippen LogP contribution in [-0.2, 0) is 24.3 Å². The molecule has 0 bridgehead atoms. The van der Waals surface area contributed by atoms with Crippen molar-refractivity contribution in [3.8, 4) is 11.5 Å². The van der Waals surface area contributed by atoms with Crippen molar-refractivity contribution in [1.29, 1.82) is 0 Å². The Balaban J connectivity index is 1.36. The van der Waals surface area contributed by atoms with Crippen LogP contribution in [0.15, 0.2) is 78.9 Å². The SMILES string of the molecule is COc1ccc(CN[C@H]2C[C@@H](C(=O)NCCc3ccccc3)N(Cc3ccc(O)cc3)C2)cc1. The topological polar surface area (TPSA) is 73.8 Å². The van der Waals surface area contributed by atoms with Gasteiger partial charge in [-0.05, 0) is 53.8 Å². The number of ether oxygens (including phenoxy) is 1. The lowest BCUT2D eigenvalue weighted by atomic mass is 10.1. The van der Waals surface area contributed by atoms with Gasteiger partial charge in [-0.25, -0.2) is 0 Å². The second-order valence-electron chi connectivity index (χ2n) is 8.80. The average Bonchev–Trinajstić information content (AvgIpc) is 3.28. The highest BCUT2D eigenvalue weighted by Gasteiger charge is 2.36. The molecule has 0 saturated carbocycles. The highest BCUT2D eigenvalue weighted by Crippen LogP contribution is 2.23. The molecule has 0 spiro atoms. The number of nitrogens with one attached hydrogen (secondary N) is 2. The maximum absolute atomic E-state index is 13.1. The highest BCUT2D eigenvalue weighted by molar-refractivity contribution is 5.82. The van der Waals surface area contributed by atoms with E-state index in [0.717, 1.165) is 37.2 Å². The van der Waals surface area contributed by atoms with Crippen LogP contribution in [0.5, 0.6) is 11.5 Å². The first kappa shape index (κ1) is 23.8. The minimum atomic E-state index is -0.196. The Morgan fingerprint density at radius 1 is 0.971 bits per heavy atom. The molecule has 178 valence electrons. The Morgan fingerprint density at radius 3 is 2.38 bits per heavy atom. The molecule has 34 heavy (non-hydrogen) atoms. The van der Waals surface area contributed by atoms with Gasteiger partial charge in [0.1, 0.15) is 11.5 Å². The molecule has 6 heteroatoms. The number of likely N-dealkylation sites (tertiary alicyclic amines) is 1. The number of nitrogens with zero attached hydrogens (tertiary/aromatic N) is 1. The number of phenols is 1. The third-order valence-corrected chi connectivity index (χ3v) is 6.34. The first-order valence-corrected chi connectivity index (χ1v) is 11.8. The van der Waals surface area contributed by atoms with Gasteiger partial charge in [0.25, 0.3) is 0 Å². The molecule has 2 atom stereocenters.